The quantitative estimate of drug-likeness (QED) is 0.806. The molecule has 0 bridgehead atoms. The van der Waals surface area contributed by atoms with Gasteiger partial charge in [-0.25, -0.2) is 0 Å². The summed E-state index contributed by atoms with van der Waals surface area (Å²) >= 11 is 0. The molecule has 0 aliphatic carbocycles. The van der Waals surface area contributed by atoms with E-state index in [1.165, 1.54) is 0 Å². The van der Waals surface area contributed by atoms with Crippen LogP contribution in [-0.2, 0) is 13.0 Å². The zero-order valence-electron chi connectivity index (χ0n) is 11.0. The minimum atomic E-state index is -0.561. The first-order valence-electron chi connectivity index (χ1n) is 6.30. The molecule has 1 N–H and O–H groups in total. The lowest BCUT2D eigenvalue weighted by molar-refractivity contribution is 0.0252. The van der Waals surface area contributed by atoms with Crippen LogP contribution < -0.4 is 0 Å². The van der Waals surface area contributed by atoms with Gasteiger partial charge in [0, 0.05) is 18.7 Å². The van der Waals surface area contributed by atoms with Crippen LogP contribution in [0.25, 0.3) is 0 Å². The molecule has 1 atom stereocenters. The van der Waals surface area contributed by atoms with E-state index in [2.05, 4.69) is 31.9 Å². The van der Waals surface area contributed by atoms with Crippen molar-refractivity contribution in [1.29, 1.82) is 0 Å². The Hall–Kier alpha value is -0.830. The fourth-order valence-electron chi connectivity index (χ4n) is 2.21. The van der Waals surface area contributed by atoms with Crippen molar-refractivity contribution in [2.45, 2.75) is 65.5 Å². The first-order valence-corrected chi connectivity index (χ1v) is 6.30. The lowest BCUT2D eigenvalue weighted by atomic mass is 9.90. The van der Waals surface area contributed by atoms with Gasteiger partial charge >= 0.3 is 0 Å². The van der Waals surface area contributed by atoms with Gasteiger partial charge in [0.15, 0.2) is 0 Å². The summed E-state index contributed by atoms with van der Waals surface area (Å²) in [5, 5.41) is 14.9. The van der Waals surface area contributed by atoms with Gasteiger partial charge in [0.25, 0.3) is 0 Å². The summed E-state index contributed by atoms with van der Waals surface area (Å²) in [7, 11) is 0. The second kappa shape index (κ2) is 5.48. The Balaban J connectivity index is 2.84. The van der Waals surface area contributed by atoms with Crippen LogP contribution in [0.15, 0.2) is 6.07 Å². The molecule has 3 heteroatoms. The van der Waals surface area contributed by atoms with Crippen molar-refractivity contribution in [2.75, 3.05) is 0 Å². The van der Waals surface area contributed by atoms with E-state index in [1.807, 2.05) is 11.6 Å². The van der Waals surface area contributed by atoms with Crippen molar-refractivity contribution in [1.82, 2.24) is 9.78 Å². The number of nitrogens with zero attached hydrogens (tertiary/aromatic N) is 2. The maximum Gasteiger partial charge on any atom is 0.0700 e. The molecular weight excluding hydrogens is 200 g/mol. The summed E-state index contributed by atoms with van der Waals surface area (Å²) in [6.45, 7) is 9.12. The van der Waals surface area contributed by atoms with E-state index in [1.54, 1.807) is 0 Å². The number of hydrogen-bond acceptors (Lipinski definition) is 2. The SMILES string of the molecule is CCCC(O)(CC)Cc1cc(C)nn1CC. The first kappa shape index (κ1) is 13.2. The summed E-state index contributed by atoms with van der Waals surface area (Å²) in [5.74, 6) is 0. The Morgan fingerprint density at radius 1 is 1.38 bits per heavy atom. The number of aromatic nitrogens is 2. The van der Waals surface area contributed by atoms with Crippen molar-refractivity contribution < 1.29 is 5.11 Å². The molecule has 1 aromatic heterocycles. The fraction of sp³-hybridized carbons (Fsp3) is 0.769. The number of rotatable bonds is 6. The monoisotopic (exact) mass is 224 g/mol. The van der Waals surface area contributed by atoms with Crippen molar-refractivity contribution in [3.8, 4) is 0 Å². The topological polar surface area (TPSA) is 38.1 Å². The van der Waals surface area contributed by atoms with Crippen LogP contribution in [0, 0.1) is 6.92 Å². The molecule has 92 valence electrons. The third-order valence-corrected chi connectivity index (χ3v) is 3.17. The molecule has 0 saturated carbocycles. The lowest BCUT2D eigenvalue weighted by Crippen LogP contribution is -2.31. The van der Waals surface area contributed by atoms with Crippen LogP contribution in [0.4, 0.5) is 0 Å². The molecule has 0 spiro atoms. The van der Waals surface area contributed by atoms with E-state index < -0.39 is 5.60 Å². The van der Waals surface area contributed by atoms with Crippen LogP contribution in [0.3, 0.4) is 0 Å². The molecular formula is C13H24N2O. The molecule has 1 aromatic rings. The van der Waals surface area contributed by atoms with E-state index in [0.29, 0.717) is 6.42 Å². The second-order valence-corrected chi connectivity index (χ2v) is 4.60. The molecule has 0 aromatic carbocycles. The predicted octanol–water partition coefficient (Wildman–Crippen LogP) is 2.70. The number of aryl methyl sites for hydroxylation is 2. The molecule has 0 fully saturated rings. The molecule has 0 saturated heterocycles. The summed E-state index contributed by atoms with van der Waals surface area (Å²) < 4.78 is 1.99. The third kappa shape index (κ3) is 3.08. The number of hydrogen-bond donors (Lipinski definition) is 1. The van der Waals surface area contributed by atoms with E-state index in [0.717, 1.165) is 37.2 Å². The minimum Gasteiger partial charge on any atom is -0.389 e. The van der Waals surface area contributed by atoms with Gasteiger partial charge in [-0.3, -0.25) is 4.68 Å². The van der Waals surface area contributed by atoms with Crippen LogP contribution in [-0.4, -0.2) is 20.5 Å². The Labute approximate surface area is 98.5 Å². The van der Waals surface area contributed by atoms with Crippen molar-refractivity contribution in [3.05, 3.63) is 17.5 Å². The molecule has 0 radical (unpaired) electrons. The molecule has 1 heterocycles. The van der Waals surface area contributed by atoms with Gasteiger partial charge in [0.2, 0.25) is 0 Å². The predicted molar refractivity (Wildman–Crippen MR) is 66.5 cm³/mol. The standard InChI is InChI=1S/C13H24N2O/c1-5-8-13(16,6-2)10-12-9-11(4)14-15(12)7-3/h9,16H,5-8,10H2,1-4H3. The van der Waals surface area contributed by atoms with Gasteiger partial charge in [0.05, 0.1) is 11.3 Å². The highest BCUT2D eigenvalue weighted by Gasteiger charge is 2.25. The molecule has 0 aliphatic heterocycles. The molecule has 1 unspecified atom stereocenters. The minimum absolute atomic E-state index is 0.561. The summed E-state index contributed by atoms with van der Waals surface area (Å²) in [6.07, 6.45) is 3.39. The maximum absolute atomic E-state index is 10.5. The zero-order chi connectivity index (χ0) is 12.2. The van der Waals surface area contributed by atoms with Crippen LogP contribution in [0.5, 0.6) is 0 Å². The van der Waals surface area contributed by atoms with Gasteiger partial charge in [-0.1, -0.05) is 20.3 Å². The third-order valence-electron chi connectivity index (χ3n) is 3.17. The molecule has 1 rings (SSSR count). The molecule has 0 amide bonds. The van der Waals surface area contributed by atoms with Crippen LogP contribution in [0.1, 0.15) is 51.4 Å². The van der Waals surface area contributed by atoms with Crippen LogP contribution in [0.2, 0.25) is 0 Å². The lowest BCUT2D eigenvalue weighted by Gasteiger charge is -2.26. The Kier molecular flexibility index (Phi) is 4.54. The largest absolute Gasteiger partial charge is 0.389 e. The Morgan fingerprint density at radius 3 is 2.56 bits per heavy atom. The normalized spacial score (nSPS) is 15.1. The van der Waals surface area contributed by atoms with E-state index in [9.17, 15) is 5.11 Å². The highest BCUT2D eigenvalue weighted by atomic mass is 16.3. The number of aliphatic hydroxyl groups is 1. The zero-order valence-corrected chi connectivity index (χ0v) is 11.0. The maximum atomic E-state index is 10.5. The molecule has 0 aliphatic rings. The average Bonchev–Trinajstić information content (AvgIpc) is 2.59. The molecule has 3 nitrogen and oxygen atoms in total. The van der Waals surface area contributed by atoms with Crippen molar-refractivity contribution in [2.24, 2.45) is 0 Å². The summed E-state index contributed by atoms with van der Waals surface area (Å²) in [5.41, 5.74) is 1.62. The van der Waals surface area contributed by atoms with Gasteiger partial charge in [-0.15, -0.1) is 0 Å². The van der Waals surface area contributed by atoms with Gasteiger partial charge in [-0.2, -0.15) is 5.10 Å². The second-order valence-electron chi connectivity index (χ2n) is 4.60. The Bertz CT molecular complexity index is 333. The highest BCUT2D eigenvalue weighted by Crippen LogP contribution is 2.23. The van der Waals surface area contributed by atoms with Gasteiger partial charge in [-0.05, 0) is 32.8 Å². The van der Waals surface area contributed by atoms with Crippen LogP contribution >= 0.6 is 0 Å². The summed E-state index contributed by atoms with van der Waals surface area (Å²) in [6, 6.07) is 2.08. The molecule has 16 heavy (non-hydrogen) atoms. The Morgan fingerprint density at radius 2 is 2.06 bits per heavy atom. The van der Waals surface area contributed by atoms with Gasteiger partial charge in [0.1, 0.15) is 0 Å². The van der Waals surface area contributed by atoms with Crippen molar-refractivity contribution in [3.63, 3.8) is 0 Å². The highest BCUT2D eigenvalue weighted by molar-refractivity contribution is 5.11. The smallest absolute Gasteiger partial charge is 0.0700 e. The fourth-order valence-corrected chi connectivity index (χ4v) is 2.21. The van der Waals surface area contributed by atoms with Crippen molar-refractivity contribution >= 4 is 0 Å². The first-order chi connectivity index (χ1) is 7.54. The van der Waals surface area contributed by atoms with Gasteiger partial charge < -0.3 is 5.11 Å². The average molecular weight is 224 g/mol. The van der Waals surface area contributed by atoms with E-state index >= 15 is 0 Å². The van der Waals surface area contributed by atoms with E-state index in [-0.39, 0.29) is 0 Å². The van der Waals surface area contributed by atoms with E-state index in [4.69, 9.17) is 0 Å². The summed E-state index contributed by atoms with van der Waals surface area (Å²) in [4.78, 5) is 0.